The molecule has 0 unspecified atom stereocenters. The monoisotopic (exact) mass is 443 g/mol. The van der Waals surface area contributed by atoms with Crippen molar-refractivity contribution in [2.75, 3.05) is 0 Å². The van der Waals surface area contributed by atoms with Gasteiger partial charge in [-0.2, -0.15) is 0 Å². The van der Waals surface area contributed by atoms with Crippen LogP contribution in [-0.2, 0) is 20.8 Å². The van der Waals surface area contributed by atoms with Crippen molar-refractivity contribution < 1.29 is 26.0 Å². The molecule has 0 aliphatic heterocycles. The van der Waals surface area contributed by atoms with Crippen LogP contribution in [0.15, 0.2) is 17.1 Å². The van der Waals surface area contributed by atoms with Gasteiger partial charge in [-0.3, -0.25) is 4.99 Å². The number of phenolic OH excluding ortho intramolecular Hbond substituents is 1. The molecule has 24 heavy (non-hydrogen) atoms. The SMILES string of the molecule is Cc1cc(C)c(O)c(C=NC2C3CC4CC(C3)CC2C4)c1.[Cl][Zr][Cl]. The molecule has 0 aromatic heterocycles. The van der Waals surface area contributed by atoms with E-state index in [4.69, 9.17) is 22.0 Å². The molecule has 0 atom stereocenters. The van der Waals surface area contributed by atoms with E-state index < -0.39 is 20.8 Å². The van der Waals surface area contributed by atoms with Crippen LogP contribution in [0.4, 0.5) is 0 Å². The third kappa shape index (κ3) is 4.10. The van der Waals surface area contributed by atoms with Gasteiger partial charge in [0.2, 0.25) is 0 Å². The Kier molecular flexibility index (Phi) is 6.49. The first-order chi connectivity index (χ1) is 11.5. The van der Waals surface area contributed by atoms with E-state index >= 15 is 0 Å². The maximum absolute atomic E-state index is 10.2. The number of nitrogens with zero attached hydrogens (tertiary/aromatic N) is 1. The Balaban J connectivity index is 0.000000526. The molecule has 2 nitrogen and oxygen atoms in total. The van der Waals surface area contributed by atoms with Crippen LogP contribution in [-0.4, -0.2) is 17.4 Å². The van der Waals surface area contributed by atoms with Crippen LogP contribution in [0.1, 0.15) is 48.8 Å². The summed E-state index contributed by atoms with van der Waals surface area (Å²) in [6, 6.07) is 4.58. The van der Waals surface area contributed by atoms with Crippen molar-refractivity contribution in [3.63, 3.8) is 0 Å². The normalized spacial score (nSPS) is 33.4. The fourth-order valence-electron chi connectivity index (χ4n) is 5.40. The molecule has 1 aromatic rings. The molecule has 130 valence electrons. The van der Waals surface area contributed by atoms with Crippen LogP contribution < -0.4 is 0 Å². The number of hydrogen-bond acceptors (Lipinski definition) is 2. The summed E-state index contributed by atoms with van der Waals surface area (Å²) in [6.07, 6.45) is 9.02. The molecule has 5 heteroatoms. The third-order valence-electron chi connectivity index (χ3n) is 6.04. The topological polar surface area (TPSA) is 32.6 Å². The van der Waals surface area contributed by atoms with Gasteiger partial charge in [0, 0.05) is 11.8 Å². The van der Waals surface area contributed by atoms with Crippen molar-refractivity contribution >= 4 is 23.2 Å². The summed E-state index contributed by atoms with van der Waals surface area (Å²) < 4.78 is 0. The number of aromatic hydroxyl groups is 1. The summed E-state index contributed by atoms with van der Waals surface area (Å²) in [4.78, 5) is 4.95. The van der Waals surface area contributed by atoms with Crippen LogP contribution in [0.5, 0.6) is 5.75 Å². The van der Waals surface area contributed by atoms with Crippen molar-refractivity contribution in [3.8, 4) is 5.75 Å². The Bertz CT molecular complexity index is 592. The second kappa shape index (κ2) is 8.23. The number of rotatable bonds is 2. The number of aryl methyl sites for hydroxylation is 2. The van der Waals surface area contributed by atoms with E-state index in [2.05, 4.69) is 6.92 Å². The zero-order chi connectivity index (χ0) is 17.3. The Hall–Kier alpha value is 0.153. The first kappa shape index (κ1) is 18.9. The number of phenols is 1. The van der Waals surface area contributed by atoms with E-state index in [0.717, 1.165) is 34.8 Å². The molecule has 0 saturated heterocycles. The van der Waals surface area contributed by atoms with Gasteiger partial charge in [0.25, 0.3) is 0 Å². The average Bonchev–Trinajstić information content (AvgIpc) is 2.51. The molecule has 1 aromatic carbocycles. The molecule has 4 fully saturated rings. The molecule has 4 saturated carbocycles. The van der Waals surface area contributed by atoms with Gasteiger partial charge in [-0.15, -0.1) is 0 Å². The van der Waals surface area contributed by atoms with Crippen molar-refractivity contribution in [3.05, 3.63) is 28.8 Å². The Morgan fingerprint density at radius 3 is 2.12 bits per heavy atom. The Morgan fingerprint density at radius 1 is 1.04 bits per heavy atom. The molecule has 4 aliphatic carbocycles. The summed E-state index contributed by atoms with van der Waals surface area (Å²) in [7, 11) is 9.87. The fourth-order valence-corrected chi connectivity index (χ4v) is 5.40. The first-order valence-electron chi connectivity index (χ1n) is 8.81. The van der Waals surface area contributed by atoms with Crippen LogP contribution >= 0.6 is 17.0 Å². The van der Waals surface area contributed by atoms with E-state index in [0.29, 0.717) is 11.8 Å². The molecule has 0 spiro atoms. The van der Waals surface area contributed by atoms with E-state index in [1.807, 2.05) is 25.3 Å². The zero-order valence-electron chi connectivity index (χ0n) is 14.3. The molecule has 0 heterocycles. The number of halogens is 2. The van der Waals surface area contributed by atoms with Crippen LogP contribution in [0.25, 0.3) is 0 Å². The minimum atomic E-state index is -0.826. The molecular formula is C19H25Cl2NOZr. The molecule has 0 amide bonds. The summed E-state index contributed by atoms with van der Waals surface area (Å²) in [5.41, 5.74) is 3.03. The maximum atomic E-state index is 10.2. The van der Waals surface area contributed by atoms with Gasteiger partial charge in [0.05, 0.1) is 6.04 Å². The van der Waals surface area contributed by atoms with Crippen molar-refractivity contribution in [1.82, 2.24) is 0 Å². The minimum absolute atomic E-state index is 0.396. The third-order valence-corrected chi connectivity index (χ3v) is 6.04. The summed E-state index contributed by atoms with van der Waals surface area (Å²) >= 11 is -0.826. The van der Waals surface area contributed by atoms with Crippen molar-refractivity contribution in [2.24, 2.45) is 28.7 Å². The van der Waals surface area contributed by atoms with Gasteiger partial charge in [0.15, 0.2) is 0 Å². The number of benzene rings is 1. The van der Waals surface area contributed by atoms with Crippen molar-refractivity contribution in [2.45, 2.75) is 52.0 Å². The van der Waals surface area contributed by atoms with Crippen LogP contribution in [0, 0.1) is 37.5 Å². The Labute approximate surface area is 163 Å². The van der Waals surface area contributed by atoms with Crippen molar-refractivity contribution in [1.29, 1.82) is 0 Å². The van der Waals surface area contributed by atoms with Gasteiger partial charge < -0.3 is 5.11 Å². The van der Waals surface area contributed by atoms with E-state index in [1.54, 1.807) is 0 Å². The van der Waals surface area contributed by atoms with E-state index in [9.17, 15) is 5.11 Å². The predicted molar refractivity (Wildman–Crippen MR) is 97.7 cm³/mol. The van der Waals surface area contributed by atoms with Crippen LogP contribution in [0.2, 0.25) is 0 Å². The summed E-state index contributed by atoms with van der Waals surface area (Å²) in [6.45, 7) is 4.04. The zero-order valence-corrected chi connectivity index (χ0v) is 18.3. The van der Waals surface area contributed by atoms with Gasteiger partial charge >= 0.3 is 37.9 Å². The quantitative estimate of drug-likeness (QED) is 0.588. The number of aliphatic imine (C=N–C) groups is 1. The predicted octanol–water partition coefficient (Wildman–Crippen LogP) is 5.63. The first-order valence-corrected chi connectivity index (χ1v) is 15.1. The molecule has 0 radical (unpaired) electrons. The fraction of sp³-hybridized carbons (Fsp3) is 0.632. The Morgan fingerprint density at radius 2 is 1.58 bits per heavy atom. The summed E-state index contributed by atoms with van der Waals surface area (Å²) in [5.74, 6) is 4.01. The van der Waals surface area contributed by atoms with E-state index in [-0.39, 0.29) is 0 Å². The van der Waals surface area contributed by atoms with Gasteiger partial charge in [0.1, 0.15) is 5.75 Å². The van der Waals surface area contributed by atoms with E-state index in [1.165, 1.54) is 37.7 Å². The molecular weight excluding hydrogens is 420 g/mol. The molecule has 4 bridgehead atoms. The second-order valence-electron chi connectivity index (χ2n) is 7.79. The number of hydrogen-bond donors (Lipinski definition) is 1. The molecule has 1 N–H and O–H groups in total. The molecule has 5 rings (SSSR count). The van der Waals surface area contributed by atoms with Crippen LogP contribution in [0.3, 0.4) is 0 Å². The molecule has 4 aliphatic rings. The van der Waals surface area contributed by atoms with Gasteiger partial charge in [-0.25, -0.2) is 0 Å². The average molecular weight is 446 g/mol. The summed E-state index contributed by atoms with van der Waals surface area (Å²) in [5, 5.41) is 10.2. The standard InChI is InChI=1S/C19H25NO.2ClH.Zr/c1-11-3-12(2)19(21)17(4-11)10-20-18-15-6-13-5-14(8-15)9-16(18)7-13;;;/h3-4,10,13-16,18,21H,5-9H2,1-2H3;2*1H;/q;;;+2/p-2. The second-order valence-corrected chi connectivity index (χ2v) is 11.5. The van der Waals surface area contributed by atoms with Gasteiger partial charge in [-0.1, -0.05) is 6.07 Å². The van der Waals surface area contributed by atoms with Gasteiger partial charge in [-0.05, 0) is 86.8 Å².